The lowest BCUT2D eigenvalue weighted by Gasteiger charge is -2.06. The van der Waals surface area contributed by atoms with Crippen LogP contribution in [0.2, 0.25) is 0 Å². The third kappa shape index (κ3) is 2.56. The summed E-state index contributed by atoms with van der Waals surface area (Å²) in [4.78, 5) is 16.7. The van der Waals surface area contributed by atoms with E-state index in [4.69, 9.17) is 4.74 Å². The van der Waals surface area contributed by atoms with Crippen molar-refractivity contribution in [1.82, 2.24) is 0 Å². The van der Waals surface area contributed by atoms with Crippen LogP contribution >= 0.6 is 0 Å². The van der Waals surface area contributed by atoms with Crippen molar-refractivity contribution in [2.45, 2.75) is 26.7 Å². The van der Waals surface area contributed by atoms with Gasteiger partial charge in [-0.25, -0.2) is 0 Å². The average Bonchev–Trinajstić information content (AvgIpc) is 3.05. The molecule has 1 heterocycles. The normalized spacial score (nSPS) is 19.0. The highest BCUT2D eigenvalue weighted by molar-refractivity contribution is 6.26. The van der Waals surface area contributed by atoms with Gasteiger partial charge in [0.25, 0.3) is 0 Å². The zero-order valence-corrected chi connectivity index (χ0v) is 12.6. The number of benzene rings is 1. The molecule has 1 aromatic carbocycles. The largest absolute Gasteiger partial charge is 0.497 e. The molecule has 0 saturated carbocycles. The maximum Gasteiger partial charge on any atom is 0.167 e. The predicted molar refractivity (Wildman–Crippen MR) is 84.7 cm³/mol. The number of allylic oxidation sites excluding steroid dienone is 3. The number of carbonyl (C=O) groups is 1. The lowest BCUT2D eigenvalue weighted by atomic mass is 9.99. The first-order valence-corrected chi connectivity index (χ1v) is 7.26. The molecule has 3 heteroatoms. The summed E-state index contributed by atoms with van der Waals surface area (Å²) < 4.78 is 5.27. The number of hydrogen-bond acceptors (Lipinski definition) is 3. The molecule has 0 bridgehead atoms. The second kappa shape index (κ2) is 5.32. The lowest BCUT2D eigenvalue weighted by Crippen LogP contribution is -2.04. The molecule has 1 aliphatic heterocycles. The van der Waals surface area contributed by atoms with E-state index in [0.29, 0.717) is 12.3 Å². The molecule has 0 amide bonds. The van der Waals surface area contributed by atoms with Crippen LogP contribution in [0.15, 0.2) is 41.0 Å². The van der Waals surface area contributed by atoms with E-state index in [1.165, 1.54) is 5.71 Å². The van der Waals surface area contributed by atoms with Crippen molar-refractivity contribution in [2.75, 3.05) is 7.11 Å². The van der Waals surface area contributed by atoms with E-state index in [0.717, 1.165) is 34.4 Å². The van der Waals surface area contributed by atoms with Crippen LogP contribution in [0, 0.1) is 5.92 Å². The molecule has 0 fully saturated rings. The minimum Gasteiger partial charge on any atom is -0.497 e. The molecule has 2 aliphatic rings. The van der Waals surface area contributed by atoms with Crippen molar-refractivity contribution in [3.8, 4) is 5.75 Å². The highest BCUT2D eigenvalue weighted by atomic mass is 16.5. The molecule has 0 aromatic heterocycles. The molecule has 1 aliphatic carbocycles. The molecule has 0 radical (unpaired) electrons. The van der Waals surface area contributed by atoms with Gasteiger partial charge in [0.2, 0.25) is 0 Å². The van der Waals surface area contributed by atoms with E-state index >= 15 is 0 Å². The highest BCUT2D eigenvalue weighted by Crippen LogP contribution is 2.34. The number of nitrogens with zero attached hydrogens (tertiary/aromatic N) is 1. The monoisotopic (exact) mass is 281 g/mol. The molecular formula is C18H19NO2. The fourth-order valence-electron chi connectivity index (χ4n) is 2.76. The Balaban J connectivity index is 1.91. The number of methoxy groups -OCH3 is 1. The van der Waals surface area contributed by atoms with Crippen LogP contribution < -0.4 is 4.74 Å². The maximum atomic E-state index is 12.3. The van der Waals surface area contributed by atoms with E-state index in [-0.39, 0.29) is 5.78 Å². The molecule has 3 rings (SSSR count). The van der Waals surface area contributed by atoms with Crippen molar-refractivity contribution in [3.63, 3.8) is 0 Å². The van der Waals surface area contributed by atoms with Crippen LogP contribution in [0.4, 0.5) is 0 Å². The molecule has 108 valence electrons. The number of rotatable bonds is 3. The van der Waals surface area contributed by atoms with Gasteiger partial charge in [0.1, 0.15) is 5.75 Å². The van der Waals surface area contributed by atoms with Crippen LogP contribution in [0.1, 0.15) is 31.4 Å². The summed E-state index contributed by atoms with van der Waals surface area (Å²) in [5, 5.41) is 0. The quantitative estimate of drug-likeness (QED) is 0.794. The average molecular weight is 281 g/mol. The molecule has 0 N–H and O–H groups in total. The number of ketones is 1. The summed E-state index contributed by atoms with van der Waals surface area (Å²) in [6, 6.07) is 5.83. The Hall–Kier alpha value is -2.16. The van der Waals surface area contributed by atoms with E-state index in [9.17, 15) is 4.79 Å². The van der Waals surface area contributed by atoms with Gasteiger partial charge in [0, 0.05) is 30.3 Å². The van der Waals surface area contributed by atoms with Crippen LogP contribution in [0.3, 0.4) is 0 Å². The SMILES string of the molecule is COc1ccc2c(c1)/C(=C/C1=CN=C(C(C)C)C1)C(=O)C2. The van der Waals surface area contributed by atoms with Crippen molar-refractivity contribution in [2.24, 2.45) is 10.9 Å². The zero-order chi connectivity index (χ0) is 15.0. The van der Waals surface area contributed by atoms with Gasteiger partial charge >= 0.3 is 0 Å². The van der Waals surface area contributed by atoms with Crippen LogP contribution in [0.25, 0.3) is 5.57 Å². The Morgan fingerprint density at radius 2 is 2.10 bits per heavy atom. The molecule has 0 saturated heterocycles. The Morgan fingerprint density at radius 1 is 1.29 bits per heavy atom. The number of Topliss-reactive ketones (excluding diaryl/α,β-unsaturated/α-hetero) is 1. The zero-order valence-electron chi connectivity index (χ0n) is 12.6. The number of aliphatic imine (C=N–C) groups is 1. The summed E-state index contributed by atoms with van der Waals surface area (Å²) in [5.41, 5.74) is 5.15. The van der Waals surface area contributed by atoms with Crippen molar-refractivity contribution in [1.29, 1.82) is 0 Å². The minimum absolute atomic E-state index is 0.178. The van der Waals surface area contributed by atoms with Gasteiger partial charge in [0.15, 0.2) is 5.78 Å². The Labute approximate surface area is 125 Å². The lowest BCUT2D eigenvalue weighted by molar-refractivity contribution is -0.112. The van der Waals surface area contributed by atoms with E-state index in [1.54, 1.807) is 7.11 Å². The summed E-state index contributed by atoms with van der Waals surface area (Å²) >= 11 is 0. The summed E-state index contributed by atoms with van der Waals surface area (Å²) in [6.45, 7) is 4.29. The number of ether oxygens (including phenoxy) is 1. The highest BCUT2D eigenvalue weighted by Gasteiger charge is 2.25. The Bertz CT molecular complexity index is 693. The molecule has 3 nitrogen and oxygen atoms in total. The van der Waals surface area contributed by atoms with Gasteiger partial charge in [0.05, 0.1) is 7.11 Å². The van der Waals surface area contributed by atoms with Crippen molar-refractivity contribution in [3.05, 3.63) is 47.2 Å². The second-order valence-electron chi connectivity index (χ2n) is 5.84. The van der Waals surface area contributed by atoms with Crippen LogP contribution in [0.5, 0.6) is 5.75 Å². The Morgan fingerprint density at radius 3 is 2.76 bits per heavy atom. The van der Waals surface area contributed by atoms with Crippen molar-refractivity contribution < 1.29 is 9.53 Å². The molecule has 21 heavy (non-hydrogen) atoms. The molecule has 0 unspecified atom stereocenters. The van der Waals surface area contributed by atoms with Gasteiger partial charge in [-0.15, -0.1) is 0 Å². The first-order valence-electron chi connectivity index (χ1n) is 7.26. The number of fused-ring (bicyclic) bond motifs is 1. The van der Waals surface area contributed by atoms with Gasteiger partial charge in [-0.2, -0.15) is 0 Å². The molecular weight excluding hydrogens is 262 g/mol. The summed E-state index contributed by atoms with van der Waals surface area (Å²) in [6.07, 6.45) is 5.20. The summed E-state index contributed by atoms with van der Waals surface area (Å²) in [5.74, 6) is 1.41. The predicted octanol–water partition coefficient (Wildman–Crippen LogP) is 3.59. The van der Waals surface area contributed by atoms with Gasteiger partial charge in [-0.05, 0) is 40.8 Å². The third-order valence-corrected chi connectivity index (χ3v) is 4.04. The third-order valence-electron chi connectivity index (χ3n) is 4.04. The number of hydrogen-bond donors (Lipinski definition) is 0. The number of carbonyl (C=O) groups excluding carboxylic acids is 1. The molecule has 1 aromatic rings. The standard InChI is InChI=1S/C18H19NO2/c1-11(2)17-7-12(10-19-17)6-16-15-9-14(21-3)5-4-13(15)8-18(16)20/h4-6,9-11H,7-8H2,1-3H3/b16-6-. The fourth-order valence-corrected chi connectivity index (χ4v) is 2.76. The van der Waals surface area contributed by atoms with Gasteiger partial charge < -0.3 is 4.74 Å². The maximum absolute atomic E-state index is 12.3. The smallest absolute Gasteiger partial charge is 0.167 e. The Kier molecular flexibility index (Phi) is 3.50. The van der Waals surface area contributed by atoms with Crippen LogP contribution in [-0.4, -0.2) is 18.6 Å². The molecule has 0 atom stereocenters. The minimum atomic E-state index is 0.178. The first-order chi connectivity index (χ1) is 10.1. The fraction of sp³-hybridized carbons (Fsp3) is 0.333. The molecule has 0 spiro atoms. The van der Waals surface area contributed by atoms with Gasteiger partial charge in [-0.1, -0.05) is 19.9 Å². The van der Waals surface area contributed by atoms with E-state index < -0.39 is 0 Å². The topological polar surface area (TPSA) is 38.7 Å². The first kappa shape index (κ1) is 13.8. The van der Waals surface area contributed by atoms with E-state index in [1.807, 2.05) is 30.5 Å². The second-order valence-corrected chi connectivity index (χ2v) is 5.84. The van der Waals surface area contributed by atoms with Gasteiger partial charge in [-0.3, -0.25) is 9.79 Å². The van der Waals surface area contributed by atoms with Crippen molar-refractivity contribution >= 4 is 17.1 Å². The van der Waals surface area contributed by atoms with Crippen LogP contribution in [-0.2, 0) is 11.2 Å². The van der Waals surface area contributed by atoms with E-state index in [2.05, 4.69) is 18.8 Å². The summed E-state index contributed by atoms with van der Waals surface area (Å²) in [7, 11) is 1.64.